The molecule has 47 heavy (non-hydrogen) atoms. The third kappa shape index (κ3) is 8.69. The number of methoxy groups -OCH3 is 1. The monoisotopic (exact) mass is 649 g/mol. The molecule has 0 spiro atoms. The molecular formula is C35H47N5O7. The lowest BCUT2D eigenvalue weighted by Crippen LogP contribution is -2.44. The van der Waals surface area contributed by atoms with Crippen molar-refractivity contribution in [2.24, 2.45) is 10.8 Å². The Kier molecular flexibility index (Phi) is 12.2. The van der Waals surface area contributed by atoms with E-state index in [4.69, 9.17) is 15.2 Å². The molecule has 0 aromatic carbocycles. The van der Waals surface area contributed by atoms with E-state index in [1.165, 1.54) is 29.0 Å². The number of ketones is 2. The van der Waals surface area contributed by atoms with Crippen molar-refractivity contribution in [1.82, 2.24) is 20.2 Å². The number of anilines is 1. The van der Waals surface area contributed by atoms with E-state index in [9.17, 15) is 24.0 Å². The Morgan fingerprint density at radius 2 is 1.79 bits per heavy atom. The second-order valence-corrected chi connectivity index (χ2v) is 13.0. The van der Waals surface area contributed by atoms with Crippen molar-refractivity contribution in [3.63, 3.8) is 0 Å². The second kappa shape index (κ2) is 15.4. The van der Waals surface area contributed by atoms with Crippen LogP contribution in [0.3, 0.4) is 0 Å². The Hall–Kier alpha value is -4.42. The largest absolute Gasteiger partial charge is 0.383 e. The molecule has 2 aliphatic rings. The molecular weight excluding hydrogens is 602 g/mol. The van der Waals surface area contributed by atoms with Crippen LogP contribution >= 0.6 is 0 Å². The van der Waals surface area contributed by atoms with Crippen molar-refractivity contribution >= 4 is 35.3 Å². The number of nitrogen functional groups attached to an aromatic ring is 1. The Morgan fingerprint density at radius 3 is 2.43 bits per heavy atom. The molecule has 0 bridgehead atoms. The second-order valence-electron chi connectivity index (χ2n) is 13.0. The van der Waals surface area contributed by atoms with Gasteiger partial charge in [-0.15, -0.1) is 0 Å². The zero-order valence-corrected chi connectivity index (χ0v) is 28.4. The number of amides is 2. The van der Waals surface area contributed by atoms with Gasteiger partial charge in [-0.2, -0.15) is 4.98 Å². The molecule has 0 radical (unpaired) electrons. The molecule has 1 saturated heterocycles. The third-order valence-corrected chi connectivity index (χ3v) is 8.32. The van der Waals surface area contributed by atoms with Gasteiger partial charge in [0.25, 0.3) is 0 Å². The lowest BCUT2D eigenvalue weighted by Gasteiger charge is -2.37. The number of nitrogens with two attached hydrogens (primary N) is 1. The molecule has 2 atom stereocenters. The Balaban J connectivity index is 1.57. The van der Waals surface area contributed by atoms with Crippen molar-refractivity contribution in [2.45, 2.75) is 73.1 Å². The fourth-order valence-corrected chi connectivity index (χ4v) is 6.34. The number of Topliss-reactive ketones (excluding diaryl/α,β-unsaturated/α-hetero) is 2. The molecule has 2 amide bonds. The number of allylic oxidation sites excluding steroid dienone is 7. The first kappa shape index (κ1) is 37.0. The van der Waals surface area contributed by atoms with Gasteiger partial charge in [-0.05, 0) is 44.6 Å². The summed E-state index contributed by atoms with van der Waals surface area (Å²) in [7, 11) is 1.58. The molecule has 12 nitrogen and oxygen atoms in total. The van der Waals surface area contributed by atoms with Crippen LogP contribution in [0.1, 0.15) is 72.6 Å². The van der Waals surface area contributed by atoms with Crippen molar-refractivity contribution in [3.05, 3.63) is 75.4 Å². The average Bonchev–Trinajstić information content (AvgIpc) is 3.45. The van der Waals surface area contributed by atoms with Crippen molar-refractivity contribution in [1.29, 1.82) is 0 Å². The van der Waals surface area contributed by atoms with Crippen molar-refractivity contribution < 1.29 is 28.7 Å². The van der Waals surface area contributed by atoms with E-state index in [-0.39, 0.29) is 54.5 Å². The van der Waals surface area contributed by atoms with Crippen LogP contribution in [0.15, 0.2) is 64.2 Å². The van der Waals surface area contributed by atoms with E-state index in [1.54, 1.807) is 47.0 Å². The first-order valence-corrected chi connectivity index (χ1v) is 15.6. The van der Waals surface area contributed by atoms with Gasteiger partial charge in [0.15, 0.2) is 11.6 Å². The number of rotatable bonds is 14. The smallest absolute Gasteiger partial charge is 0.351 e. The summed E-state index contributed by atoms with van der Waals surface area (Å²) in [6.45, 7) is 15.2. The van der Waals surface area contributed by atoms with Crippen LogP contribution in [-0.2, 0) is 28.7 Å². The molecule has 2 unspecified atom stereocenters. The predicted molar refractivity (Wildman–Crippen MR) is 180 cm³/mol. The predicted octanol–water partition coefficient (Wildman–Crippen LogP) is 3.36. The van der Waals surface area contributed by atoms with Gasteiger partial charge in [0.05, 0.1) is 12.7 Å². The maximum absolute atomic E-state index is 13.5. The van der Waals surface area contributed by atoms with Gasteiger partial charge in [-0.3, -0.25) is 23.7 Å². The summed E-state index contributed by atoms with van der Waals surface area (Å²) in [5.41, 5.74) is 5.37. The fourth-order valence-electron chi connectivity index (χ4n) is 6.34. The fraction of sp³-hybridized carbons (Fsp3) is 0.486. The molecule has 1 fully saturated rings. The first-order valence-electron chi connectivity index (χ1n) is 15.6. The molecule has 1 aliphatic carbocycles. The molecule has 254 valence electrons. The first-order chi connectivity index (χ1) is 22.1. The van der Waals surface area contributed by atoms with Gasteiger partial charge in [-0.25, -0.2) is 4.79 Å². The number of carbonyl (C=O) groups is 4. The minimum absolute atomic E-state index is 0.0145. The number of hydrogen-bond donors (Lipinski definition) is 3. The SMILES string of the molecule is C=CC1=C(/C=C\C)C(=O)C(C)=C(C(C)(C)CC(C)(C)C(=O)NCCNC(=O)/C=C/c2cn(C3CCC(COC)O3)c(=O)nc2N)C1=O. The summed E-state index contributed by atoms with van der Waals surface area (Å²) in [5.74, 6) is -1.20. The van der Waals surface area contributed by atoms with Gasteiger partial charge in [-0.1, -0.05) is 52.5 Å². The quantitative estimate of drug-likeness (QED) is 0.155. The third-order valence-electron chi connectivity index (χ3n) is 8.32. The van der Waals surface area contributed by atoms with Crippen LogP contribution in [0.2, 0.25) is 0 Å². The van der Waals surface area contributed by atoms with Gasteiger partial charge in [0, 0.05) is 65.7 Å². The van der Waals surface area contributed by atoms with Gasteiger partial charge >= 0.3 is 5.69 Å². The lowest BCUT2D eigenvalue weighted by atomic mass is 9.65. The molecule has 12 heteroatoms. The topological polar surface area (TPSA) is 172 Å². The Bertz CT molecular complexity index is 1610. The number of carbonyl (C=O) groups excluding carboxylic acids is 4. The lowest BCUT2D eigenvalue weighted by molar-refractivity contribution is -0.131. The van der Waals surface area contributed by atoms with E-state index < -0.39 is 28.7 Å². The highest BCUT2D eigenvalue weighted by Crippen LogP contribution is 2.44. The highest BCUT2D eigenvalue weighted by molar-refractivity contribution is 6.27. The number of nitrogens with zero attached hydrogens (tertiary/aromatic N) is 2. The van der Waals surface area contributed by atoms with E-state index in [2.05, 4.69) is 22.2 Å². The van der Waals surface area contributed by atoms with Gasteiger partial charge < -0.3 is 25.8 Å². The molecule has 1 aromatic heterocycles. The van der Waals surface area contributed by atoms with Crippen LogP contribution < -0.4 is 22.1 Å². The standard InChI is InChI=1S/C35H47N5O7/c1-9-11-25-24(10-2)30(43)28(21(3)29(25)42)34(4,5)20-35(6,7)32(44)38-17-16-37-26(41)14-12-22-18-40(33(45)39-31(22)36)27-15-13-23(47-27)19-46-8/h9-12,14,18,23,27H,2,13,15-17,19-20H2,1,3-8H3,(H,37,41)(H,38,44)(H2,36,39,45)/b11-9-,14-12+. The zero-order chi connectivity index (χ0) is 35.1. The zero-order valence-electron chi connectivity index (χ0n) is 28.4. The van der Waals surface area contributed by atoms with Crippen LogP contribution in [0.4, 0.5) is 5.82 Å². The van der Waals surface area contributed by atoms with Crippen LogP contribution in [0.25, 0.3) is 6.08 Å². The summed E-state index contributed by atoms with van der Waals surface area (Å²) in [4.78, 5) is 68.7. The normalized spacial score (nSPS) is 19.3. The van der Waals surface area contributed by atoms with Crippen LogP contribution in [0.5, 0.6) is 0 Å². The number of aromatic nitrogens is 2. The summed E-state index contributed by atoms with van der Waals surface area (Å²) >= 11 is 0. The molecule has 3 rings (SSSR count). The van der Waals surface area contributed by atoms with Crippen LogP contribution in [-0.4, -0.2) is 65.8 Å². The van der Waals surface area contributed by atoms with Crippen LogP contribution in [0, 0.1) is 10.8 Å². The maximum atomic E-state index is 13.5. The molecule has 1 aliphatic heterocycles. The number of ether oxygens (including phenoxy) is 2. The minimum Gasteiger partial charge on any atom is -0.383 e. The van der Waals surface area contributed by atoms with E-state index in [0.717, 1.165) is 6.42 Å². The van der Waals surface area contributed by atoms with E-state index in [1.807, 2.05) is 13.8 Å². The summed E-state index contributed by atoms with van der Waals surface area (Å²) in [6, 6.07) is 0. The van der Waals surface area contributed by atoms with Gasteiger partial charge in [0.1, 0.15) is 12.0 Å². The Labute approximate surface area is 275 Å². The number of nitrogens with one attached hydrogen (secondary N) is 2. The van der Waals surface area contributed by atoms with Crippen molar-refractivity contribution in [2.75, 3.05) is 32.5 Å². The highest BCUT2D eigenvalue weighted by Gasteiger charge is 2.43. The Morgan fingerprint density at radius 1 is 1.11 bits per heavy atom. The van der Waals surface area contributed by atoms with Gasteiger partial charge in [0.2, 0.25) is 11.8 Å². The highest BCUT2D eigenvalue weighted by atomic mass is 16.5. The average molecular weight is 650 g/mol. The van der Waals surface area contributed by atoms with E-state index >= 15 is 0 Å². The molecule has 4 N–H and O–H groups in total. The summed E-state index contributed by atoms with van der Waals surface area (Å²) in [6.07, 6.45) is 10.00. The molecule has 2 heterocycles. The molecule has 1 aromatic rings. The minimum atomic E-state index is -0.911. The van der Waals surface area contributed by atoms with Crippen molar-refractivity contribution in [3.8, 4) is 0 Å². The van der Waals surface area contributed by atoms with E-state index in [0.29, 0.717) is 35.3 Å². The summed E-state index contributed by atoms with van der Waals surface area (Å²) in [5, 5.41) is 5.55. The summed E-state index contributed by atoms with van der Waals surface area (Å²) < 4.78 is 12.4. The molecule has 0 saturated carbocycles. The number of hydrogen-bond acceptors (Lipinski definition) is 9. The maximum Gasteiger partial charge on any atom is 0.351 e.